The summed E-state index contributed by atoms with van der Waals surface area (Å²) in [6, 6.07) is 12.6. The maximum absolute atomic E-state index is 5.84. The average molecular weight is 343 g/mol. The topological polar surface area (TPSA) is 33.3 Å². The van der Waals surface area contributed by atoms with Crippen molar-refractivity contribution in [3.8, 4) is 5.75 Å². The molecule has 0 aromatic heterocycles. The van der Waals surface area contributed by atoms with E-state index in [1.807, 2.05) is 6.07 Å². The Morgan fingerprint density at radius 3 is 2.29 bits per heavy atom. The van der Waals surface area contributed by atoms with Gasteiger partial charge < -0.3 is 15.4 Å². The van der Waals surface area contributed by atoms with Crippen LogP contribution >= 0.6 is 12.2 Å². The zero-order valence-corrected chi connectivity index (χ0v) is 15.9. The Labute approximate surface area is 150 Å². The number of thiocarbonyl (C=S) groups is 1. The molecule has 0 aliphatic heterocycles. The third kappa shape index (κ3) is 5.53. The normalized spacial score (nSPS) is 11.7. The Bertz CT molecular complexity index is 707. The van der Waals surface area contributed by atoms with Crippen molar-refractivity contribution in [2.45, 2.75) is 40.7 Å². The SMILES string of the molecule is Cc1cc(C)cc(NC(=S)N[C@H](C)COc2ccc(C)c(C)c2)c1. The zero-order chi connectivity index (χ0) is 17.7. The lowest BCUT2D eigenvalue weighted by Crippen LogP contribution is -2.39. The van der Waals surface area contributed by atoms with Crippen LogP contribution in [0.3, 0.4) is 0 Å². The molecular formula is C20H26N2OS. The van der Waals surface area contributed by atoms with Crippen molar-refractivity contribution in [2.24, 2.45) is 0 Å². The molecule has 0 fully saturated rings. The van der Waals surface area contributed by atoms with Crippen LogP contribution in [0.25, 0.3) is 0 Å². The van der Waals surface area contributed by atoms with Crippen LogP contribution in [0.1, 0.15) is 29.2 Å². The van der Waals surface area contributed by atoms with Crippen LogP contribution in [0.15, 0.2) is 36.4 Å². The summed E-state index contributed by atoms with van der Waals surface area (Å²) in [6.45, 7) is 10.9. The van der Waals surface area contributed by atoms with Crippen LogP contribution in [0.4, 0.5) is 5.69 Å². The quantitative estimate of drug-likeness (QED) is 0.773. The number of rotatable bonds is 5. The van der Waals surface area contributed by atoms with Gasteiger partial charge in [0.15, 0.2) is 5.11 Å². The van der Waals surface area contributed by atoms with Gasteiger partial charge in [-0.3, -0.25) is 0 Å². The highest BCUT2D eigenvalue weighted by molar-refractivity contribution is 7.80. The summed E-state index contributed by atoms with van der Waals surface area (Å²) in [6.07, 6.45) is 0. The van der Waals surface area contributed by atoms with Crippen LogP contribution in [-0.2, 0) is 0 Å². The van der Waals surface area contributed by atoms with Gasteiger partial charge in [-0.05, 0) is 93.4 Å². The predicted octanol–water partition coefficient (Wildman–Crippen LogP) is 4.67. The molecule has 0 heterocycles. The number of hydrogen-bond acceptors (Lipinski definition) is 2. The second kappa shape index (κ2) is 8.15. The lowest BCUT2D eigenvalue weighted by molar-refractivity contribution is 0.287. The number of nitrogens with one attached hydrogen (secondary N) is 2. The van der Waals surface area contributed by atoms with Crippen molar-refractivity contribution in [1.82, 2.24) is 5.32 Å². The molecule has 0 bridgehead atoms. The van der Waals surface area contributed by atoms with Gasteiger partial charge in [0.05, 0.1) is 6.04 Å². The fraction of sp³-hybridized carbons (Fsp3) is 0.350. The third-order valence-electron chi connectivity index (χ3n) is 3.84. The predicted molar refractivity (Wildman–Crippen MR) is 106 cm³/mol. The Hall–Kier alpha value is -2.07. The van der Waals surface area contributed by atoms with Gasteiger partial charge in [0, 0.05) is 5.69 Å². The molecule has 0 aliphatic carbocycles. The highest BCUT2D eigenvalue weighted by Crippen LogP contribution is 2.17. The lowest BCUT2D eigenvalue weighted by Gasteiger charge is -2.18. The first-order valence-electron chi connectivity index (χ1n) is 8.19. The Morgan fingerprint density at radius 2 is 1.67 bits per heavy atom. The van der Waals surface area contributed by atoms with Gasteiger partial charge in [-0.2, -0.15) is 0 Å². The first-order valence-corrected chi connectivity index (χ1v) is 8.60. The lowest BCUT2D eigenvalue weighted by atomic mass is 10.1. The van der Waals surface area contributed by atoms with E-state index >= 15 is 0 Å². The molecule has 2 aromatic carbocycles. The molecule has 2 aromatic rings. The molecule has 4 heteroatoms. The molecule has 0 amide bonds. The van der Waals surface area contributed by atoms with Gasteiger partial charge in [-0.25, -0.2) is 0 Å². The molecule has 0 saturated heterocycles. The number of benzene rings is 2. The van der Waals surface area contributed by atoms with Crippen molar-refractivity contribution >= 4 is 23.0 Å². The molecule has 0 saturated carbocycles. The van der Waals surface area contributed by atoms with Gasteiger partial charge in [0.1, 0.15) is 12.4 Å². The van der Waals surface area contributed by atoms with Crippen LogP contribution in [0.2, 0.25) is 0 Å². The first kappa shape index (κ1) is 18.3. The molecule has 128 valence electrons. The van der Waals surface area contributed by atoms with Crippen LogP contribution < -0.4 is 15.4 Å². The van der Waals surface area contributed by atoms with E-state index in [-0.39, 0.29) is 6.04 Å². The second-order valence-corrected chi connectivity index (χ2v) is 6.84. The van der Waals surface area contributed by atoms with Gasteiger partial charge >= 0.3 is 0 Å². The minimum absolute atomic E-state index is 0.109. The summed E-state index contributed by atoms with van der Waals surface area (Å²) in [5.74, 6) is 0.889. The highest BCUT2D eigenvalue weighted by Gasteiger charge is 2.07. The molecule has 0 spiro atoms. The first-order chi connectivity index (χ1) is 11.3. The smallest absolute Gasteiger partial charge is 0.171 e. The summed E-state index contributed by atoms with van der Waals surface area (Å²) in [5, 5.41) is 7.10. The standard InChI is InChI=1S/C20H26N2OS/c1-13-8-14(2)10-18(9-13)22-20(24)21-17(5)12-23-19-7-6-15(3)16(4)11-19/h6-11,17H,12H2,1-5H3,(H2,21,22,24)/t17-/m1/s1. The van der Waals surface area contributed by atoms with Crippen LogP contribution in [0.5, 0.6) is 5.75 Å². The van der Waals surface area contributed by atoms with Gasteiger partial charge in [-0.15, -0.1) is 0 Å². The fourth-order valence-electron chi connectivity index (χ4n) is 2.50. The summed E-state index contributed by atoms with van der Waals surface area (Å²) in [4.78, 5) is 0. The number of anilines is 1. The fourth-order valence-corrected chi connectivity index (χ4v) is 2.82. The maximum Gasteiger partial charge on any atom is 0.171 e. The van der Waals surface area contributed by atoms with Crippen molar-refractivity contribution < 1.29 is 4.74 Å². The van der Waals surface area contributed by atoms with Crippen molar-refractivity contribution in [3.05, 3.63) is 58.7 Å². The molecule has 1 atom stereocenters. The third-order valence-corrected chi connectivity index (χ3v) is 4.06. The molecule has 24 heavy (non-hydrogen) atoms. The van der Waals surface area contributed by atoms with Crippen LogP contribution in [0, 0.1) is 27.7 Å². The average Bonchev–Trinajstić information content (AvgIpc) is 2.47. The largest absolute Gasteiger partial charge is 0.491 e. The van der Waals surface area contributed by atoms with Crippen molar-refractivity contribution in [3.63, 3.8) is 0 Å². The minimum Gasteiger partial charge on any atom is -0.491 e. The van der Waals surface area contributed by atoms with E-state index < -0.39 is 0 Å². The molecular weight excluding hydrogens is 316 g/mol. The van der Waals surface area contributed by atoms with Crippen LogP contribution in [-0.4, -0.2) is 17.8 Å². The van der Waals surface area contributed by atoms with Crippen molar-refractivity contribution in [2.75, 3.05) is 11.9 Å². The van der Waals surface area contributed by atoms with E-state index in [0.29, 0.717) is 11.7 Å². The summed E-state index contributed by atoms with van der Waals surface area (Å²) >= 11 is 5.39. The van der Waals surface area contributed by atoms with E-state index in [4.69, 9.17) is 17.0 Å². The van der Waals surface area contributed by atoms with E-state index in [2.05, 4.69) is 75.6 Å². The van der Waals surface area contributed by atoms with Crippen molar-refractivity contribution in [1.29, 1.82) is 0 Å². The summed E-state index contributed by atoms with van der Waals surface area (Å²) in [5.41, 5.74) is 5.94. The summed E-state index contributed by atoms with van der Waals surface area (Å²) in [7, 11) is 0. The molecule has 2 rings (SSSR count). The minimum atomic E-state index is 0.109. The van der Waals surface area contributed by atoms with E-state index in [9.17, 15) is 0 Å². The highest BCUT2D eigenvalue weighted by atomic mass is 32.1. The van der Waals surface area contributed by atoms with E-state index in [0.717, 1.165) is 11.4 Å². The molecule has 0 aliphatic rings. The monoisotopic (exact) mass is 342 g/mol. The molecule has 2 N–H and O–H groups in total. The van der Waals surface area contributed by atoms with Gasteiger partial charge in [0.2, 0.25) is 0 Å². The summed E-state index contributed by atoms with van der Waals surface area (Å²) < 4.78 is 5.84. The van der Waals surface area contributed by atoms with Gasteiger partial charge in [0.25, 0.3) is 0 Å². The van der Waals surface area contributed by atoms with E-state index in [1.165, 1.54) is 22.3 Å². The Morgan fingerprint density at radius 1 is 1.00 bits per heavy atom. The number of aryl methyl sites for hydroxylation is 4. The number of hydrogen-bond donors (Lipinski definition) is 2. The van der Waals surface area contributed by atoms with Gasteiger partial charge in [-0.1, -0.05) is 12.1 Å². The van der Waals surface area contributed by atoms with E-state index in [1.54, 1.807) is 0 Å². The molecule has 3 nitrogen and oxygen atoms in total. The second-order valence-electron chi connectivity index (χ2n) is 6.43. The zero-order valence-electron chi connectivity index (χ0n) is 15.1. The maximum atomic E-state index is 5.84. The Kier molecular flexibility index (Phi) is 6.21. The molecule has 0 radical (unpaired) electrons. The molecule has 0 unspecified atom stereocenters. The Balaban J connectivity index is 1.83. The number of ether oxygens (including phenoxy) is 1.